The number of rotatable bonds is 4. The average molecular weight is 284 g/mol. The number of benzene rings is 1. The van der Waals surface area contributed by atoms with Crippen LogP contribution in [0.25, 0.3) is 0 Å². The first kappa shape index (κ1) is 14.0. The number of H-pyrrole nitrogens is 1. The molecule has 2 N–H and O–H groups in total. The van der Waals surface area contributed by atoms with Crippen LogP contribution in [-0.2, 0) is 11.8 Å². The highest BCUT2D eigenvalue weighted by molar-refractivity contribution is 5.36. The van der Waals surface area contributed by atoms with Gasteiger partial charge in [-0.25, -0.2) is 4.98 Å². The minimum atomic E-state index is -0.150. The molecule has 21 heavy (non-hydrogen) atoms. The van der Waals surface area contributed by atoms with Gasteiger partial charge in [-0.05, 0) is 25.3 Å². The minimum absolute atomic E-state index is 0.0330. The summed E-state index contributed by atoms with van der Waals surface area (Å²) in [6.45, 7) is 1.82. The Morgan fingerprint density at radius 1 is 1.29 bits per heavy atom. The summed E-state index contributed by atoms with van der Waals surface area (Å²) >= 11 is 0. The molecule has 4 nitrogen and oxygen atoms in total. The molecule has 3 rings (SSSR count). The molecule has 2 aromatic rings. The van der Waals surface area contributed by atoms with Gasteiger partial charge in [0.15, 0.2) is 0 Å². The average Bonchev–Trinajstić information content (AvgIpc) is 2.43. The molecule has 0 spiro atoms. The van der Waals surface area contributed by atoms with Gasteiger partial charge in [-0.3, -0.25) is 4.79 Å². The van der Waals surface area contributed by atoms with E-state index in [1.54, 1.807) is 0 Å². The molecule has 0 aliphatic heterocycles. The zero-order valence-electron chi connectivity index (χ0n) is 12.2. The number of nitrogens with zero attached hydrogens (tertiary/aromatic N) is 1. The second-order valence-electron chi connectivity index (χ2n) is 5.75. The van der Waals surface area contributed by atoms with Gasteiger partial charge in [0, 0.05) is 24.3 Å². The van der Waals surface area contributed by atoms with Gasteiger partial charge >= 0.3 is 0 Å². The number of aryl methyl sites for hydroxylation is 1. The Morgan fingerprint density at radius 2 is 2.00 bits per heavy atom. The lowest BCUT2D eigenvalue weighted by Gasteiger charge is -2.41. The third-order valence-corrected chi connectivity index (χ3v) is 4.57. The van der Waals surface area contributed by atoms with Crippen LogP contribution in [0.5, 0.6) is 0 Å². The Morgan fingerprint density at radius 3 is 2.52 bits per heavy atom. The Bertz CT molecular complexity index is 688. The smallest absolute Gasteiger partial charge is 0.254 e. The first-order valence-electron chi connectivity index (χ1n) is 7.44. The molecular weight excluding hydrogens is 264 g/mol. The quantitative estimate of drug-likeness (QED) is 0.903. The molecule has 1 aromatic heterocycles. The lowest BCUT2D eigenvalue weighted by Crippen LogP contribution is -2.39. The van der Waals surface area contributed by atoms with Crippen LogP contribution in [0.2, 0.25) is 0 Å². The Balaban J connectivity index is 2.09. The predicted molar refractivity (Wildman–Crippen MR) is 81.5 cm³/mol. The second-order valence-corrected chi connectivity index (χ2v) is 5.75. The molecule has 1 aliphatic rings. The standard InChI is InChI=1S/C17H20N2O2/c1-12-14(8-11-20)15(21)19-16(18-12)17(9-5-10-17)13-6-3-2-4-7-13/h2-4,6-7,20H,5,8-11H2,1H3,(H,18,19,21). The number of nitrogens with one attached hydrogen (secondary N) is 1. The van der Waals surface area contributed by atoms with Crippen molar-refractivity contribution >= 4 is 0 Å². The fourth-order valence-corrected chi connectivity index (χ4v) is 3.19. The van der Waals surface area contributed by atoms with Crippen molar-refractivity contribution in [3.63, 3.8) is 0 Å². The molecule has 0 radical (unpaired) electrons. The largest absolute Gasteiger partial charge is 0.396 e. The SMILES string of the molecule is Cc1nc(C2(c3ccccc3)CCC2)[nH]c(=O)c1CCO. The van der Waals surface area contributed by atoms with Gasteiger partial charge in [-0.1, -0.05) is 36.8 Å². The van der Waals surface area contributed by atoms with Gasteiger partial charge < -0.3 is 10.1 Å². The van der Waals surface area contributed by atoms with Crippen molar-refractivity contribution in [1.29, 1.82) is 0 Å². The number of aliphatic hydroxyl groups is 1. The molecule has 1 fully saturated rings. The summed E-state index contributed by atoms with van der Waals surface area (Å²) in [5, 5.41) is 9.05. The normalized spacial score (nSPS) is 16.5. The topological polar surface area (TPSA) is 66.0 Å². The van der Waals surface area contributed by atoms with Crippen molar-refractivity contribution in [2.75, 3.05) is 6.61 Å². The van der Waals surface area contributed by atoms with Crippen LogP contribution in [0.4, 0.5) is 0 Å². The van der Waals surface area contributed by atoms with Crippen molar-refractivity contribution in [1.82, 2.24) is 9.97 Å². The van der Waals surface area contributed by atoms with E-state index in [9.17, 15) is 4.79 Å². The zero-order valence-corrected chi connectivity index (χ0v) is 12.2. The molecule has 4 heteroatoms. The Hall–Kier alpha value is -1.94. The van der Waals surface area contributed by atoms with E-state index in [-0.39, 0.29) is 17.6 Å². The molecule has 0 unspecified atom stereocenters. The Kier molecular flexibility index (Phi) is 3.64. The molecule has 1 aromatic carbocycles. The van der Waals surface area contributed by atoms with Crippen LogP contribution < -0.4 is 5.56 Å². The monoisotopic (exact) mass is 284 g/mol. The first-order chi connectivity index (χ1) is 10.2. The van der Waals surface area contributed by atoms with Crippen molar-refractivity contribution in [3.05, 3.63) is 63.3 Å². The van der Waals surface area contributed by atoms with E-state index in [1.807, 2.05) is 25.1 Å². The fourth-order valence-electron chi connectivity index (χ4n) is 3.19. The molecule has 0 atom stereocenters. The molecular formula is C17H20N2O2. The highest BCUT2D eigenvalue weighted by atomic mass is 16.3. The lowest BCUT2D eigenvalue weighted by molar-refractivity contribution is 0.282. The van der Waals surface area contributed by atoms with Crippen LogP contribution in [0, 0.1) is 6.92 Å². The summed E-state index contributed by atoms with van der Waals surface area (Å²) in [5.74, 6) is 0.768. The minimum Gasteiger partial charge on any atom is -0.396 e. The van der Waals surface area contributed by atoms with Crippen molar-refractivity contribution < 1.29 is 5.11 Å². The Labute approximate surface area is 123 Å². The van der Waals surface area contributed by atoms with E-state index in [1.165, 1.54) is 5.56 Å². The number of aromatic nitrogens is 2. The summed E-state index contributed by atoms with van der Waals surface area (Å²) in [5.41, 5.74) is 2.26. The van der Waals surface area contributed by atoms with Crippen molar-refractivity contribution in [3.8, 4) is 0 Å². The lowest BCUT2D eigenvalue weighted by atomic mass is 9.64. The number of hydrogen-bond donors (Lipinski definition) is 2. The van der Waals surface area contributed by atoms with Gasteiger partial charge in [-0.15, -0.1) is 0 Å². The summed E-state index contributed by atoms with van der Waals surface area (Å²) in [7, 11) is 0. The van der Waals surface area contributed by atoms with Crippen LogP contribution in [0.3, 0.4) is 0 Å². The maximum absolute atomic E-state index is 12.3. The van der Waals surface area contributed by atoms with Gasteiger partial charge in [0.05, 0.1) is 5.41 Å². The highest BCUT2D eigenvalue weighted by Gasteiger charge is 2.42. The van der Waals surface area contributed by atoms with E-state index >= 15 is 0 Å². The van der Waals surface area contributed by atoms with E-state index in [0.29, 0.717) is 12.0 Å². The molecule has 1 aliphatic carbocycles. The van der Waals surface area contributed by atoms with Gasteiger partial charge in [0.2, 0.25) is 0 Å². The summed E-state index contributed by atoms with van der Waals surface area (Å²) in [6, 6.07) is 10.3. The van der Waals surface area contributed by atoms with Crippen LogP contribution in [0.1, 0.15) is 41.9 Å². The number of aliphatic hydroxyl groups excluding tert-OH is 1. The van der Waals surface area contributed by atoms with E-state index < -0.39 is 0 Å². The molecule has 1 saturated carbocycles. The third kappa shape index (κ3) is 2.29. The number of hydrogen-bond acceptors (Lipinski definition) is 3. The summed E-state index contributed by atoms with van der Waals surface area (Å²) in [6.07, 6.45) is 3.53. The fraction of sp³-hybridized carbons (Fsp3) is 0.412. The van der Waals surface area contributed by atoms with Gasteiger partial charge in [-0.2, -0.15) is 0 Å². The number of aromatic amines is 1. The van der Waals surface area contributed by atoms with Gasteiger partial charge in [0.1, 0.15) is 5.82 Å². The highest BCUT2D eigenvalue weighted by Crippen LogP contribution is 2.47. The molecule has 110 valence electrons. The van der Waals surface area contributed by atoms with Gasteiger partial charge in [0.25, 0.3) is 5.56 Å². The zero-order chi connectivity index (χ0) is 14.9. The van der Waals surface area contributed by atoms with Crippen LogP contribution in [0.15, 0.2) is 35.1 Å². The van der Waals surface area contributed by atoms with Crippen LogP contribution >= 0.6 is 0 Å². The van der Waals surface area contributed by atoms with Crippen molar-refractivity contribution in [2.45, 2.75) is 38.0 Å². The van der Waals surface area contributed by atoms with E-state index in [0.717, 1.165) is 30.8 Å². The predicted octanol–water partition coefficient (Wildman–Crippen LogP) is 2.08. The first-order valence-corrected chi connectivity index (χ1v) is 7.44. The third-order valence-electron chi connectivity index (χ3n) is 4.57. The molecule has 0 bridgehead atoms. The summed E-state index contributed by atoms with van der Waals surface area (Å²) < 4.78 is 0. The molecule has 1 heterocycles. The van der Waals surface area contributed by atoms with Crippen LogP contribution in [-0.4, -0.2) is 21.7 Å². The second kappa shape index (κ2) is 5.45. The molecule has 0 amide bonds. The maximum Gasteiger partial charge on any atom is 0.254 e. The molecule has 0 saturated heterocycles. The van der Waals surface area contributed by atoms with Crippen molar-refractivity contribution in [2.24, 2.45) is 0 Å². The van der Waals surface area contributed by atoms with E-state index in [4.69, 9.17) is 5.11 Å². The maximum atomic E-state index is 12.3. The van der Waals surface area contributed by atoms with E-state index in [2.05, 4.69) is 22.1 Å². The summed E-state index contributed by atoms with van der Waals surface area (Å²) in [4.78, 5) is 19.9.